The van der Waals surface area contributed by atoms with Crippen LogP contribution in [0.15, 0.2) is 15.8 Å². The van der Waals surface area contributed by atoms with E-state index < -0.39 is 43.3 Å². The molecule has 2 fully saturated rings. The maximum absolute atomic E-state index is 13.3. The van der Waals surface area contributed by atoms with Gasteiger partial charge in [-0.15, -0.1) is 0 Å². The number of aliphatic hydroxyl groups is 1. The van der Waals surface area contributed by atoms with E-state index in [0.29, 0.717) is 12.6 Å². The molecule has 2 N–H and O–H groups in total. The molecule has 0 radical (unpaired) electrons. The number of phosphoric acid groups is 1. The number of aromatic nitrogens is 2. The molecule has 3 unspecified atom stereocenters. The van der Waals surface area contributed by atoms with Crippen molar-refractivity contribution in [3.63, 3.8) is 0 Å². The zero-order valence-electron chi connectivity index (χ0n) is 12.4. The second-order valence-electron chi connectivity index (χ2n) is 5.34. The Morgan fingerprint density at radius 2 is 2.12 bits per heavy atom. The highest BCUT2D eigenvalue weighted by Gasteiger charge is 2.39. The number of hydrogen-bond acceptors (Lipinski definition) is 8. The van der Waals surface area contributed by atoms with E-state index in [0.717, 1.165) is 4.57 Å². The Hall–Kier alpha value is -1.36. The quantitative estimate of drug-likeness (QED) is 0.706. The number of phosphoric ester groups is 1. The normalized spacial score (nSPS) is 29.7. The van der Waals surface area contributed by atoms with Crippen LogP contribution in [0.2, 0.25) is 0 Å². The van der Waals surface area contributed by atoms with Gasteiger partial charge in [0.05, 0.1) is 32.1 Å². The molecular formula is C12H16FN2O8P. The van der Waals surface area contributed by atoms with Gasteiger partial charge >= 0.3 is 13.5 Å². The van der Waals surface area contributed by atoms with Gasteiger partial charge in [-0.1, -0.05) is 0 Å². The van der Waals surface area contributed by atoms with Crippen LogP contribution in [0.1, 0.15) is 19.1 Å². The monoisotopic (exact) mass is 366 g/mol. The van der Waals surface area contributed by atoms with Gasteiger partial charge in [-0.25, -0.2) is 9.36 Å². The first kappa shape index (κ1) is 17.5. The Balaban J connectivity index is 1.66. The van der Waals surface area contributed by atoms with Crippen molar-refractivity contribution >= 4 is 7.82 Å². The lowest BCUT2D eigenvalue weighted by Gasteiger charge is -2.24. The summed E-state index contributed by atoms with van der Waals surface area (Å²) in [6.07, 6.45) is -1.70. The summed E-state index contributed by atoms with van der Waals surface area (Å²) >= 11 is 0. The Morgan fingerprint density at radius 1 is 1.42 bits per heavy atom. The standard InChI is InChI=1S/C12H16FN2O8P/c13-7-5-15(12(18)14-11(7)17)10-4-8(16)9(23-10)6-22-24(19)20-2-1-3-21-24/h5,8-10,16H,1-4,6H2,(H,14,17,18). The van der Waals surface area contributed by atoms with Crippen LogP contribution in [-0.2, 0) is 22.9 Å². The number of halogens is 1. The summed E-state index contributed by atoms with van der Waals surface area (Å²) in [5.74, 6) is -1.15. The molecule has 2 aliphatic heterocycles. The number of hydrogen-bond donors (Lipinski definition) is 2. The molecule has 0 saturated carbocycles. The minimum atomic E-state index is -3.68. The van der Waals surface area contributed by atoms with Crippen LogP contribution >= 0.6 is 7.82 Å². The molecule has 2 saturated heterocycles. The van der Waals surface area contributed by atoms with Crippen molar-refractivity contribution in [3.8, 4) is 0 Å². The number of aromatic amines is 1. The summed E-state index contributed by atoms with van der Waals surface area (Å²) < 4.78 is 46.6. The highest BCUT2D eigenvalue weighted by Crippen LogP contribution is 2.52. The summed E-state index contributed by atoms with van der Waals surface area (Å²) in [7, 11) is -3.68. The van der Waals surface area contributed by atoms with Crippen molar-refractivity contribution in [1.29, 1.82) is 0 Å². The topological polar surface area (TPSA) is 129 Å². The van der Waals surface area contributed by atoms with Gasteiger partial charge in [0, 0.05) is 6.42 Å². The molecule has 2 aliphatic rings. The van der Waals surface area contributed by atoms with E-state index in [2.05, 4.69) is 0 Å². The van der Waals surface area contributed by atoms with E-state index in [1.807, 2.05) is 0 Å². The summed E-state index contributed by atoms with van der Waals surface area (Å²) in [4.78, 5) is 24.6. The Labute approximate surface area is 134 Å². The molecule has 0 aliphatic carbocycles. The molecule has 24 heavy (non-hydrogen) atoms. The number of ether oxygens (including phenoxy) is 1. The Kier molecular flexibility index (Phi) is 5.00. The molecule has 3 heterocycles. The highest BCUT2D eigenvalue weighted by molar-refractivity contribution is 7.48. The van der Waals surface area contributed by atoms with Gasteiger partial charge in [-0.2, -0.15) is 4.39 Å². The minimum absolute atomic E-state index is 0.0363. The molecule has 12 heteroatoms. The maximum atomic E-state index is 13.3. The predicted molar refractivity (Wildman–Crippen MR) is 75.9 cm³/mol. The first-order chi connectivity index (χ1) is 11.4. The van der Waals surface area contributed by atoms with Gasteiger partial charge < -0.3 is 9.84 Å². The summed E-state index contributed by atoms with van der Waals surface area (Å²) in [6, 6.07) is 0. The fourth-order valence-electron chi connectivity index (χ4n) is 2.40. The van der Waals surface area contributed by atoms with Gasteiger partial charge in [-0.3, -0.25) is 27.9 Å². The molecule has 134 valence electrons. The van der Waals surface area contributed by atoms with Crippen LogP contribution in [0.25, 0.3) is 0 Å². The van der Waals surface area contributed by atoms with Gasteiger partial charge in [0.15, 0.2) is 0 Å². The van der Waals surface area contributed by atoms with E-state index in [4.69, 9.17) is 18.3 Å². The molecule has 3 atom stereocenters. The molecule has 10 nitrogen and oxygen atoms in total. The molecule has 0 amide bonds. The SMILES string of the molecule is O=c1[nH]c(=O)n(C2CC(O)C(COP3(=O)OCCCO3)O2)cc1F. The summed E-state index contributed by atoms with van der Waals surface area (Å²) in [5.41, 5.74) is -2.01. The Bertz CT molecular complexity index is 754. The average molecular weight is 366 g/mol. The fourth-order valence-corrected chi connectivity index (χ4v) is 3.66. The number of H-pyrrole nitrogens is 1. The maximum Gasteiger partial charge on any atom is 0.474 e. The number of aliphatic hydroxyl groups excluding tert-OH is 1. The molecule has 1 aromatic heterocycles. The van der Waals surface area contributed by atoms with E-state index in [1.54, 1.807) is 4.98 Å². The lowest BCUT2D eigenvalue weighted by molar-refractivity contribution is -0.0507. The molecular weight excluding hydrogens is 350 g/mol. The largest absolute Gasteiger partial charge is 0.474 e. The minimum Gasteiger partial charge on any atom is -0.390 e. The third-order valence-electron chi connectivity index (χ3n) is 3.62. The van der Waals surface area contributed by atoms with Crippen molar-refractivity contribution < 1.29 is 32.4 Å². The first-order valence-corrected chi connectivity index (χ1v) is 8.72. The smallest absolute Gasteiger partial charge is 0.390 e. The van der Waals surface area contributed by atoms with Crippen LogP contribution < -0.4 is 11.2 Å². The predicted octanol–water partition coefficient (Wildman–Crippen LogP) is -0.114. The molecule has 0 aromatic carbocycles. The molecule has 0 bridgehead atoms. The van der Waals surface area contributed by atoms with E-state index in [9.17, 15) is 23.7 Å². The van der Waals surface area contributed by atoms with E-state index in [1.165, 1.54) is 0 Å². The zero-order valence-corrected chi connectivity index (χ0v) is 13.3. The Morgan fingerprint density at radius 3 is 2.83 bits per heavy atom. The summed E-state index contributed by atoms with van der Waals surface area (Å²) in [6.45, 7) is 0.176. The van der Waals surface area contributed by atoms with Crippen molar-refractivity contribution in [1.82, 2.24) is 9.55 Å². The zero-order chi connectivity index (χ0) is 17.3. The average Bonchev–Trinajstić information content (AvgIpc) is 2.90. The van der Waals surface area contributed by atoms with Crippen LogP contribution in [0.5, 0.6) is 0 Å². The van der Waals surface area contributed by atoms with Crippen molar-refractivity contribution in [2.75, 3.05) is 19.8 Å². The van der Waals surface area contributed by atoms with E-state index >= 15 is 0 Å². The first-order valence-electron chi connectivity index (χ1n) is 7.26. The number of nitrogens with one attached hydrogen (secondary N) is 1. The van der Waals surface area contributed by atoms with Crippen LogP contribution in [0.4, 0.5) is 4.39 Å². The van der Waals surface area contributed by atoms with Gasteiger partial charge in [0.1, 0.15) is 12.3 Å². The number of nitrogens with zero attached hydrogens (tertiary/aromatic N) is 1. The van der Waals surface area contributed by atoms with Crippen LogP contribution in [-0.4, -0.2) is 46.7 Å². The lowest BCUT2D eigenvalue weighted by atomic mass is 10.2. The second-order valence-corrected chi connectivity index (χ2v) is 7.01. The molecule has 3 rings (SSSR count). The highest BCUT2D eigenvalue weighted by atomic mass is 31.2. The van der Waals surface area contributed by atoms with Crippen molar-refractivity contribution in [3.05, 3.63) is 32.9 Å². The van der Waals surface area contributed by atoms with Crippen molar-refractivity contribution in [2.45, 2.75) is 31.3 Å². The third-order valence-corrected chi connectivity index (χ3v) is 5.09. The van der Waals surface area contributed by atoms with Gasteiger partial charge in [0.25, 0.3) is 5.56 Å². The van der Waals surface area contributed by atoms with Gasteiger partial charge in [-0.05, 0) is 6.42 Å². The number of rotatable bonds is 4. The second kappa shape index (κ2) is 6.87. The third kappa shape index (κ3) is 3.66. The molecule has 0 spiro atoms. The lowest BCUT2D eigenvalue weighted by Crippen LogP contribution is -2.34. The fraction of sp³-hybridized carbons (Fsp3) is 0.667. The van der Waals surface area contributed by atoms with Crippen LogP contribution in [0.3, 0.4) is 0 Å². The van der Waals surface area contributed by atoms with E-state index in [-0.39, 0.29) is 26.2 Å². The van der Waals surface area contributed by atoms with Gasteiger partial charge in [0.2, 0.25) is 5.82 Å². The van der Waals surface area contributed by atoms with Crippen molar-refractivity contribution in [2.24, 2.45) is 0 Å². The van der Waals surface area contributed by atoms with Crippen LogP contribution in [0, 0.1) is 5.82 Å². The molecule has 1 aromatic rings. The summed E-state index contributed by atoms with van der Waals surface area (Å²) in [5, 5.41) is 9.99.